The zero-order valence-electron chi connectivity index (χ0n) is 12.5. The van der Waals surface area contributed by atoms with Gasteiger partial charge in [-0.25, -0.2) is 4.79 Å². The number of aromatic carboxylic acids is 1. The number of alkyl halides is 3. The van der Waals surface area contributed by atoms with Crippen molar-refractivity contribution in [3.63, 3.8) is 0 Å². The second-order valence-electron chi connectivity index (χ2n) is 5.67. The number of hydrogen-bond acceptors (Lipinski definition) is 2. The maximum Gasteiger partial charge on any atom is 0.417 e. The highest BCUT2D eigenvalue weighted by molar-refractivity contribution is 5.90. The Morgan fingerprint density at radius 3 is 2.19 bits per heavy atom. The molecular formula is C15H20F3NO2. The molecule has 1 aromatic rings. The Labute approximate surface area is 122 Å². The van der Waals surface area contributed by atoms with Crippen LogP contribution >= 0.6 is 0 Å². The van der Waals surface area contributed by atoms with Crippen LogP contribution in [0.5, 0.6) is 0 Å². The molecule has 0 heterocycles. The molecule has 0 radical (unpaired) electrons. The van der Waals surface area contributed by atoms with E-state index >= 15 is 0 Å². The number of anilines is 1. The molecule has 0 atom stereocenters. The molecule has 21 heavy (non-hydrogen) atoms. The van der Waals surface area contributed by atoms with Gasteiger partial charge in [0, 0.05) is 18.3 Å². The number of halogens is 3. The van der Waals surface area contributed by atoms with Gasteiger partial charge in [0.05, 0.1) is 11.1 Å². The first kappa shape index (κ1) is 17.3. The minimum Gasteiger partial charge on any atom is -0.478 e. The lowest BCUT2D eigenvalue weighted by Gasteiger charge is -2.31. The molecule has 1 rings (SSSR count). The van der Waals surface area contributed by atoms with Gasteiger partial charge in [-0.2, -0.15) is 13.2 Å². The van der Waals surface area contributed by atoms with E-state index in [4.69, 9.17) is 5.11 Å². The van der Waals surface area contributed by atoms with Crippen LogP contribution < -0.4 is 4.90 Å². The third kappa shape index (κ3) is 4.37. The van der Waals surface area contributed by atoms with Crippen molar-refractivity contribution in [3.05, 3.63) is 29.3 Å². The summed E-state index contributed by atoms with van der Waals surface area (Å²) < 4.78 is 39.1. The number of carboxylic acid groups (broad SMARTS) is 1. The number of benzene rings is 1. The monoisotopic (exact) mass is 303 g/mol. The zero-order valence-corrected chi connectivity index (χ0v) is 12.5. The fourth-order valence-electron chi connectivity index (χ4n) is 2.14. The van der Waals surface area contributed by atoms with Crippen LogP contribution in [0.4, 0.5) is 18.9 Å². The summed E-state index contributed by atoms with van der Waals surface area (Å²) in [6.07, 6.45) is -4.69. The van der Waals surface area contributed by atoms with Crippen LogP contribution in [0.1, 0.15) is 43.6 Å². The van der Waals surface area contributed by atoms with E-state index in [1.807, 2.05) is 32.6 Å². The van der Waals surface area contributed by atoms with Crippen LogP contribution in [0.25, 0.3) is 0 Å². The Bertz CT molecular complexity index is 510. The highest BCUT2D eigenvalue weighted by Gasteiger charge is 2.36. The summed E-state index contributed by atoms with van der Waals surface area (Å²) in [6, 6.07) is 3.40. The summed E-state index contributed by atoms with van der Waals surface area (Å²) in [6.45, 7) is 8.33. The van der Waals surface area contributed by atoms with Gasteiger partial charge in [0.15, 0.2) is 0 Å². The smallest absolute Gasteiger partial charge is 0.417 e. The summed E-state index contributed by atoms with van der Waals surface area (Å²) in [4.78, 5) is 12.8. The van der Waals surface area contributed by atoms with Gasteiger partial charge in [-0.3, -0.25) is 0 Å². The van der Waals surface area contributed by atoms with Gasteiger partial charge in [0.25, 0.3) is 0 Å². The Morgan fingerprint density at radius 2 is 1.81 bits per heavy atom. The fraction of sp³-hybridized carbons (Fsp3) is 0.533. The van der Waals surface area contributed by atoms with Crippen molar-refractivity contribution in [1.29, 1.82) is 0 Å². The SMILES string of the molecule is CC(C)CN(c1ccc(C(=O)O)c(C(F)(F)F)c1)C(C)C. The predicted octanol–water partition coefficient (Wildman–Crippen LogP) is 4.27. The molecule has 0 amide bonds. The van der Waals surface area contributed by atoms with Gasteiger partial charge >= 0.3 is 12.1 Å². The van der Waals surface area contributed by atoms with Crippen LogP contribution in [0.3, 0.4) is 0 Å². The first-order chi connectivity index (χ1) is 9.54. The number of nitrogens with zero attached hydrogens (tertiary/aromatic N) is 1. The number of hydrogen-bond donors (Lipinski definition) is 1. The standard InChI is InChI=1S/C15H20F3NO2/c1-9(2)8-19(10(3)4)11-5-6-12(14(20)21)13(7-11)15(16,17)18/h5-7,9-10H,8H2,1-4H3,(H,20,21). The number of carbonyl (C=O) groups is 1. The molecule has 0 saturated heterocycles. The Hall–Kier alpha value is -1.72. The maximum absolute atomic E-state index is 13.0. The van der Waals surface area contributed by atoms with E-state index in [1.54, 1.807) is 0 Å². The Kier molecular flexibility index (Phi) is 5.25. The van der Waals surface area contributed by atoms with E-state index in [2.05, 4.69) is 0 Å². The van der Waals surface area contributed by atoms with Gasteiger partial charge in [0.1, 0.15) is 0 Å². The Morgan fingerprint density at radius 1 is 1.24 bits per heavy atom. The molecule has 0 aliphatic carbocycles. The first-order valence-electron chi connectivity index (χ1n) is 6.75. The molecule has 0 fully saturated rings. The second-order valence-corrected chi connectivity index (χ2v) is 5.67. The topological polar surface area (TPSA) is 40.5 Å². The lowest BCUT2D eigenvalue weighted by molar-refractivity contribution is -0.138. The highest BCUT2D eigenvalue weighted by atomic mass is 19.4. The van der Waals surface area contributed by atoms with Crippen LogP contribution in [0, 0.1) is 5.92 Å². The summed E-state index contributed by atoms with van der Waals surface area (Å²) in [5, 5.41) is 8.90. The molecular weight excluding hydrogens is 283 g/mol. The van der Waals surface area contributed by atoms with Crippen LogP contribution in [0.15, 0.2) is 18.2 Å². The van der Waals surface area contributed by atoms with Crippen molar-refractivity contribution in [2.75, 3.05) is 11.4 Å². The van der Waals surface area contributed by atoms with Crippen molar-refractivity contribution in [2.24, 2.45) is 5.92 Å². The van der Waals surface area contributed by atoms with E-state index in [1.165, 1.54) is 6.07 Å². The molecule has 0 aromatic heterocycles. The van der Waals surface area contributed by atoms with E-state index in [0.717, 1.165) is 12.1 Å². The van der Waals surface area contributed by atoms with Gasteiger partial charge in [-0.1, -0.05) is 13.8 Å². The van der Waals surface area contributed by atoms with Crippen LogP contribution in [-0.2, 0) is 6.18 Å². The summed E-state index contributed by atoms with van der Waals surface area (Å²) in [5.41, 5.74) is -1.45. The lowest BCUT2D eigenvalue weighted by atomic mass is 10.0. The van der Waals surface area contributed by atoms with Gasteiger partial charge in [-0.05, 0) is 38.0 Å². The molecule has 0 aliphatic heterocycles. The lowest BCUT2D eigenvalue weighted by Crippen LogP contribution is -2.34. The molecule has 0 unspecified atom stereocenters. The van der Waals surface area contributed by atoms with Crippen LogP contribution in [-0.4, -0.2) is 23.7 Å². The average Bonchev–Trinajstić information content (AvgIpc) is 2.33. The molecule has 0 saturated carbocycles. The predicted molar refractivity (Wildman–Crippen MR) is 75.7 cm³/mol. The summed E-state index contributed by atoms with van der Waals surface area (Å²) in [5.74, 6) is -1.30. The minimum absolute atomic E-state index is 0.0177. The fourth-order valence-corrected chi connectivity index (χ4v) is 2.14. The van der Waals surface area contributed by atoms with Crippen molar-refractivity contribution >= 4 is 11.7 Å². The van der Waals surface area contributed by atoms with E-state index in [9.17, 15) is 18.0 Å². The van der Waals surface area contributed by atoms with Crippen molar-refractivity contribution in [3.8, 4) is 0 Å². The third-order valence-corrected chi connectivity index (χ3v) is 3.06. The third-order valence-electron chi connectivity index (χ3n) is 3.06. The maximum atomic E-state index is 13.0. The molecule has 0 bridgehead atoms. The van der Waals surface area contributed by atoms with E-state index < -0.39 is 23.3 Å². The average molecular weight is 303 g/mol. The zero-order chi connectivity index (χ0) is 16.4. The molecule has 1 N–H and O–H groups in total. The minimum atomic E-state index is -4.69. The second kappa shape index (κ2) is 6.37. The molecule has 118 valence electrons. The molecule has 6 heteroatoms. The molecule has 1 aromatic carbocycles. The van der Waals surface area contributed by atoms with Gasteiger partial charge in [0.2, 0.25) is 0 Å². The summed E-state index contributed by atoms with van der Waals surface area (Å²) >= 11 is 0. The molecule has 0 aliphatic rings. The van der Waals surface area contributed by atoms with E-state index in [-0.39, 0.29) is 12.0 Å². The van der Waals surface area contributed by atoms with Crippen molar-refractivity contribution < 1.29 is 23.1 Å². The quantitative estimate of drug-likeness (QED) is 0.883. The normalized spacial score (nSPS) is 12.0. The van der Waals surface area contributed by atoms with Crippen molar-refractivity contribution in [1.82, 2.24) is 0 Å². The largest absolute Gasteiger partial charge is 0.478 e. The van der Waals surface area contributed by atoms with Gasteiger partial charge in [-0.15, -0.1) is 0 Å². The van der Waals surface area contributed by atoms with Gasteiger partial charge < -0.3 is 10.0 Å². The summed E-state index contributed by atoms with van der Waals surface area (Å²) in [7, 11) is 0. The van der Waals surface area contributed by atoms with Crippen LogP contribution in [0.2, 0.25) is 0 Å². The van der Waals surface area contributed by atoms with E-state index in [0.29, 0.717) is 12.2 Å². The Balaban J connectivity index is 3.35. The number of carboxylic acids is 1. The molecule has 0 spiro atoms. The first-order valence-corrected chi connectivity index (χ1v) is 6.75. The van der Waals surface area contributed by atoms with Crippen molar-refractivity contribution in [2.45, 2.75) is 39.9 Å². The highest BCUT2D eigenvalue weighted by Crippen LogP contribution is 2.35. The molecule has 3 nitrogen and oxygen atoms in total. The number of rotatable bonds is 5.